The Labute approximate surface area is 170 Å². The normalized spacial score (nSPS) is 16.5. The van der Waals surface area contributed by atoms with Gasteiger partial charge in [-0.3, -0.25) is 14.8 Å². The number of aromatic nitrogens is 2. The van der Waals surface area contributed by atoms with Gasteiger partial charge in [-0.2, -0.15) is 0 Å². The number of hydrogen-bond donors (Lipinski definition) is 0. The zero-order chi connectivity index (χ0) is 20.5. The van der Waals surface area contributed by atoms with Crippen LogP contribution in [-0.2, 0) is 6.54 Å². The first-order valence-electron chi connectivity index (χ1n) is 9.63. The summed E-state index contributed by atoms with van der Waals surface area (Å²) in [5.74, 6) is 1.39. The van der Waals surface area contributed by atoms with E-state index in [1.54, 1.807) is 38.6 Å². The maximum Gasteiger partial charge on any atom is 0.260 e. The Morgan fingerprint density at radius 3 is 2.69 bits per heavy atom. The molecule has 0 N–H and O–H groups in total. The van der Waals surface area contributed by atoms with E-state index in [0.29, 0.717) is 24.1 Å². The van der Waals surface area contributed by atoms with Crippen LogP contribution in [0.4, 0.5) is 0 Å². The molecule has 7 nitrogen and oxygen atoms in total. The molecule has 1 saturated carbocycles. The van der Waals surface area contributed by atoms with Crippen molar-refractivity contribution in [3.8, 4) is 22.9 Å². The highest BCUT2D eigenvalue weighted by molar-refractivity contribution is 6.03. The molecule has 2 aromatic heterocycles. The van der Waals surface area contributed by atoms with Gasteiger partial charge in [0.2, 0.25) is 0 Å². The molecule has 0 saturated heterocycles. The van der Waals surface area contributed by atoms with Gasteiger partial charge < -0.3 is 14.4 Å². The molecule has 0 spiro atoms. The van der Waals surface area contributed by atoms with E-state index < -0.39 is 0 Å². The van der Waals surface area contributed by atoms with E-state index in [0.717, 1.165) is 46.6 Å². The van der Waals surface area contributed by atoms with Crippen LogP contribution in [0.3, 0.4) is 0 Å². The minimum absolute atomic E-state index is 0.000568. The quantitative estimate of drug-likeness (QED) is 0.702. The number of methoxy groups -OCH3 is 2. The SMILES string of the molecule is C/C=C(\C=NC)N1Cc2nc(-c3cnc(OC)c(OC)c3)cc(C3CC3)c2C1=O. The van der Waals surface area contributed by atoms with E-state index in [-0.39, 0.29) is 5.91 Å². The van der Waals surface area contributed by atoms with Crippen molar-refractivity contribution in [1.82, 2.24) is 14.9 Å². The number of nitrogens with zero attached hydrogens (tertiary/aromatic N) is 4. The third-order valence-electron chi connectivity index (χ3n) is 5.31. The second kappa shape index (κ2) is 7.66. The van der Waals surface area contributed by atoms with E-state index in [2.05, 4.69) is 9.98 Å². The largest absolute Gasteiger partial charge is 0.491 e. The summed E-state index contributed by atoms with van der Waals surface area (Å²) in [5.41, 5.74) is 5.03. The van der Waals surface area contributed by atoms with Crippen LogP contribution in [-0.4, -0.2) is 48.3 Å². The molecule has 2 aliphatic rings. The molecule has 0 atom stereocenters. The van der Waals surface area contributed by atoms with Crippen molar-refractivity contribution in [3.63, 3.8) is 0 Å². The van der Waals surface area contributed by atoms with Crippen molar-refractivity contribution in [2.45, 2.75) is 32.2 Å². The van der Waals surface area contributed by atoms with Crippen LogP contribution in [0.2, 0.25) is 0 Å². The number of hydrogen-bond acceptors (Lipinski definition) is 6. The van der Waals surface area contributed by atoms with E-state index in [1.165, 1.54) is 0 Å². The van der Waals surface area contributed by atoms with Crippen molar-refractivity contribution >= 4 is 12.1 Å². The maximum absolute atomic E-state index is 13.2. The molecule has 3 heterocycles. The molecule has 150 valence electrons. The molecule has 0 aromatic carbocycles. The van der Waals surface area contributed by atoms with Crippen molar-refractivity contribution in [2.75, 3.05) is 21.3 Å². The van der Waals surface area contributed by atoms with Crippen molar-refractivity contribution in [2.24, 2.45) is 4.99 Å². The second-order valence-electron chi connectivity index (χ2n) is 7.12. The predicted molar refractivity (Wildman–Crippen MR) is 111 cm³/mol. The number of aliphatic imine (C=N–C) groups is 1. The van der Waals surface area contributed by atoms with Gasteiger partial charge in [-0.15, -0.1) is 0 Å². The van der Waals surface area contributed by atoms with Crippen LogP contribution in [0, 0.1) is 0 Å². The van der Waals surface area contributed by atoms with Crippen LogP contribution in [0.15, 0.2) is 35.1 Å². The average molecular weight is 392 g/mol. The Balaban J connectivity index is 1.80. The Hall–Kier alpha value is -3.22. The van der Waals surface area contributed by atoms with Gasteiger partial charge in [0.15, 0.2) is 5.75 Å². The minimum Gasteiger partial charge on any atom is -0.491 e. The third kappa shape index (κ3) is 3.37. The first-order valence-corrected chi connectivity index (χ1v) is 9.63. The molecule has 1 aliphatic heterocycles. The number of rotatable bonds is 6. The summed E-state index contributed by atoms with van der Waals surface area (Å²) in [4.78, 5) is 28.2. The summed E-state index contributed by atoms with van der Waals surface area (Å²) in [5, 5.41) is 0. The zero-order valence-electron chi connectivity index (χ0n) is 17.1. The Kier molecular flexibility index (Phi) is 5.05. The van der Waals surface area contributed by atoms with E-state index in [1.807, 2.05) is 25.1 Å². The van der Waals surface area contributed by atoms with Gasteiger partial charge in [-0.25, -0.2) is 4.98 Å². The Bertz CT molecular complexity index is 1020. The number of carbonyl (C=O) groups is 1. The van der Waals surface area contributed by atoms with E-state index in [9.17, 15) is 4.79 Å². The van der Waals surface area contributed by atoms with Crippen LogP contribution in [0.25, 0.3) is 11.3 Å². The van der Waals surface area contributed by atoms with Gasteiger partial charge in [0.1, 0.15) is 0 Å². The standard InChI is InChI=1S/C22H24N4O3/c1-5-15(11-23-2)26-12-18-20(22(26)27)16(13-6-7-13)9-17(25-18)14-8-19(28-3)21(29-4)24-10-14/h5,8-11,13H,6-7,12H2,1-4H3/b15-5+,23-11?. The van der Waals surface area contributed by atoms with Gasteiger partial charge in [0.25, 0.3) is 11.8 Å². The summed E-state index contributed by atoms with van der Waals surface area (Å²) in [6, 6.07) is 3.90. The number of fused-ring (bicyclic) bond motifs is 1. The fourth-order valence-electron chi connectivity index (χ4n) is 3.71. The molecule has 0 bridgehead atoms. The number of carbonyl (C=O) groups excluding carboxylic acids is 1. The smallest absolute Gasteiger partial charge is 0.260 e. The first kappa shape index (κ1) is 19.1. The molecule has 2 aromatic rings. The zero-order valence-corrected chi connectivity index (χ0v) is 17.1. The molecule has 1 fully saturated rings. The monoisotopic (exact) mass is 392 g/mol. The summed E-state index contributed by atoms with van der Waals surface area (Å²) < 4.78 is 10.6. The van der Waals surface area contributed by atoms with Crippen LogP contribution >= 0.6 is 0 Å². The minimum atomic E-state index is -0.000568. The summed E-state index contributed by atoms with van der Waals surface area (Å²) in [6.07, 6.45) is 7.52. The number of amides is 1. The lowest BCUT2D eigenvalue weighted by atomic mass is 10.00. The fourth-order valence-corrected chi connectivity index (χ4v) is 3.71. The molecular formula is C22H24N4O3. The van der Waals surface area contributed by atoms with Gasteiger partial charge >= 0.3 is 0 Å². The Morgan fingerprint density at radius 2 is 2.07 bits per heavy atom. The lowest BCUT2D eigenvalue weighted by Gasteiger charge is -2.15. The highest BCUT2D eigenvalue weighted by Crippen LogP contribution is 2.45. The lowest BCUT2D eigenvalue weighted by Crippen LogP contribution is -2.24. The number of allylic oxidation sites excluding steroid dienone is 2. The average Bonchev–Trinajstić information content (AvgIpc) is 3.54. The molecule has 0 radical (unpaired) electrons. The van der Waals surface area contributed by atoms with Gasteiger partial charge in [-0.05, 0) is 43.4 Å². The van der Waals surface area contributed by atoms with Crippen LogP contribution < -0.4 is 9.47 Å². The first-order chi connectivity index (χ1) is 14.1. The third-order valence-corrected chi connectivity index (χ3v) is 5.31. The summed E-state index contributed by atoms with van der Waals surface area (Å²) in [6.45, 7) is 2.34. The molecule has 7 heteroatoms. The van der Waals surface area contributed by atoms with E-state index >= 15 is 0 Å². The summed E-state index contributed by atoms with van der Waals surface area (Å²) in [7, 11) is 4.84. The fraction of sp³-hybridized carbons (Fsp3) is 0.364. The van der Waals surface area contributed by atoms with E-state index in [4.69, 9.17) is 14.5 Å². The Morgan fingerprint density at radius 1 is 1.28 bits per heavy atom. The molecule has 0 unspecified atom stereocenters. The van der Waals surface area contributed by atoms with Crippen LogP contribution in [0.5, 0.6) is 11.6 Å². The molecule has 1 amide bonds. The summed E-state index contributed by atoms with van der Waals surface area (Å²) >= 11 is 0. The van der Waals surface area contributed by atoms with Gasteiger partial charge in [0.05, 0.1) is 43.4 Å². The highest BCUT2D eigenvalue weighted by Gasteiger charge is 2.38. The topological polar surface area (TPSA) is 76.9 Å². The predicted octanol–water partition coefficient (Wildman–Crippen LogP) is 3.60. The lowest BCUT2D eigenvalue weighted by molar-refractivity contribution is 0.0833. The molecule has 1 aliphatic carbocycles. The number of ether oxygens (including phenoxy) is 2. The van der Waals surface area contributed by atoms with Crippen molar-refractivity contribution < 1.29 is 14.3 Å². The van der Waals surface area contributed by atoms with Crippen molar-refractivity contribution in [1.29, 1.82) is 0 Å². The van der Waals surface area contributed by atoms with Gasteiger partial charge in [0, 0.05) is 25.0 Å². The maximum atomic E-state index is 13.2. The van der Waals surface area contributed by atoms with Crippen molar-refractivity contribution in [3.05, 3.63) is 46.9 Å². The molecule has 29 heavy (non-hydrogen) atoms. The molecular weight excluding hydrogens is 368 g/mol. The molecule has 4 rings (SSSR count). The van der Waals surface area contributed by atoms with Gasteiger partial charge in [-0.1, -0.05) is 6.08 Å². The number of pyridine rings is 2. The second-order valence-corrected chi connectivity index (χ2v) is 7.12. The highest BCUT2D eigenvalue weighted by atomic mass is 16.5. The van der Waals surface area contributed by atoms with Crippen LogP contribution in [0.1, 0.15) is 47.3 Å².